The Morgan fingerprint density at radius 3 is 2.56 bits per heavy atom. The molecule has 1 aliphatic heterocycles. The molecule has 6 fully saturated rings. The second-order valence-electron chi connectivity index (χ2n) is 13.4. The number of halogens is 3. The number of alkyl halides is 3. The van der Waals surface area contributed by atoms with Crippen molar-refractivity contribution in [2.45, 2.75) is 69.2 Å². The molecule has 0 unspecified atom stereocenters. The van der Waals surface area contributed by atoms with Gasteiger partial charge in [-0.2, -0.15) is 13.2 Å². The highest BCUT2D eigenvalue weighted by molar-refractivity contribution is 6.02. The lowest BCUT2D eigenvalue weighted by Crippen LogP contribution is -2.56. The van der Waals surface area contributed by atoms with Crippen LogP contribution in [0.15, 0.2) is 24.5 Å². The molecule has 45 heavy (non-hydrogen) atoms. The molecular formula is C32H39F3N6O4. The molecule has 3 N–H and O–H groups in total. The fraction of sp³-hybridized carbons (Fsp3) is 0.625. The lowest BCUT2D eigenvalue weighted by molar-refractivity contribution is -0.138. The van der Waals surface area contributed by atoms with Gasteiger partial charge in [-0.05, 0) is 80.9 Å². The molecule has 5 aliphatic carbocycles. The SMILES string of the molecule is COc1ncnc(N[C@H]2CC3(N4CCOCC4)CC2C3)c1C(=O)N[C@@H]1[C@H]2CC[C@H](C2)[C@@H]1C(=O)Nc1ccc(C)c(C(F)(F)F)c1. The first-order chi connectivity index (χ1) is 21.6. The number of hydrogen-bond acceptors (Lipinski definition) is 8. The van der Waals surface area contributed by atoms with Crippen molar-refractivity contribution in [2.24, 2.45) is 23.7 Å². The molecule has 5 saturated carbocycles. The molecular weight excluding hydrogens is 589 g/mol. The van der Waals surface area contributed by atoms with Gasteiger partial charge in [0.25, 0.3) is 5.91 Å². The van der Waals surface area contributed by atoms with Crippen LogP contribution in [0.4, 0.5) is 24.7 Å². The van der Waals surface area contributed by atoms with Crippen molar-refractivity contribution >= 4 is 23.3 Å². The molecule has 1 aromatic heterocycles. The van der Waals surface area contributed by atoms with E-state index in [1.54, 1.807) is 0 Å². The third-order valence-electron chi connectivity index (χ3n) is 11.0. The number of nitrogens with zero attached hydrogens (tertiary/aromatic N) is 3. The monoisotopic (exact) mass is 628 g/mol. The summed E-state index contributed by atoms with van der Waals surface area (Å²) in [4.78, 5) is 38.8. The van der Waals surface area contributed by atoms with Gasteiger partial charge in [-0.15, -0.1) is 0 Å². The van der Waals surface area contributed by atoms with Crippen molar-refractivity contribution < 1.29 is 32.2 Å². The van der Waals surface area contributed by atoms with E-state index in [9.17, 15) is 22.8 Å². The molecule has 13 heteroatoms. The van der Waals surface area contributed by atoms with Crippen LogP contribution in [0.1, 0.15) is 60.0 Å². The fourth-order valence-corrected chi connectivity index (χ4v) is 8.88. The van der Waals surface area contributed by atoms with Crippen molar-refractivity contribution in [1.29, 1.82) is 0 Å². The second kappa shape index (κ2) is 11.4. The molecule has 8 rings (SSSR count). The number of aromatic nitrogens is 2. The van der Waals surface area contributed by atoms with E-state index in [1.807, 2.05) is 0 Å². The first-order valence-electron chi connectivity index (χ1n) is 15.8. The number of benzene rings is 1. The van der Waals surface area contributed by atoms with Crippen LogP contribution in [-0.2, 0) is 15.7 Å². The predicted molar refractivity (Wildman–Crippen MR) is 159 cm³/mol. The van der Waals surface area contributed by atoms with Crippen molar-refractivity contribution in [1.82, 2.24) is 20.2 Å². The van der Waals surface area contributed by atoms with Gasteiger partial charge in [-0.25, -0.2) is 9.97 Å². The minimum absolute atomic E-state index is 0.0287. The highest BCUT2D eigenvalue weighted by Crippen LogP contribution is 2.56. The van der Waals surface area contributed by atoms with Crippen LogP contribution in [0.5, 0.6) is 5.88 Å². The first kappa shape index (κ1) is 30.2. The van der Waals surface area contributed by atoms with E-state index >= 15 is 0 Å². The number of rotatable bonds is 8. The summed E-state index contributed by atoms with van der Waals surface area (Å²) in [6, 6.07) is 3.46. The maximum atomic E-state index is 14.0. The third-order valence-corrected chi connectivity index (χ3v) is 11.0. The van der Waals surface area contributed by atoms with Gasteiger partial charge in [0.05, 0.1) is 31.8 Å². The summed E-state index contributed by atoms with van der Waals surface area (Å²) < 4.78 is 51.6. The Bertz CT molecular complexity index is 1480. The smallest absolute Gasteiger partial charge is 0.416 e. The number of carbonyl (C=O) groups excluding carboxylic acids is 2. The zero-order valence-electron chi connectivity index (χ0n) is 25.5. The van der Waals surface area contributed by atoms with Gasteiger partial charge in [0.2, 0.25) is 11.8 Å². The van der Waals surface area contributed by atoms with Crippen LogP contribution in [0.25, 0.3) is 0 Å². The number of carbonyl (C=O) groups is 2. The first-order valence-corrected chi connectivity index (χ1v) is 15.8. The van der Waals surface area contributed by atoms with E-state index in [4.69, 9.17) is 9.47 Å². The third kappa shape index (κ3) is 5.41. The number of morpholine rings is 1. The van der Waals surface area contributed by atoms with Crippen LogP contribution in [0, 0.1) is 30.6 Å². The van der Waals surface area contributed by atoms with Gasteiger partial charge in [-0.3, -0.25) is 14.5 Å². The van der Waals surface area contributed by atoms with E-state index < -0.39 is 35.5 Å². The Kier molecular flexibility index (Phi) is 7.66. The van der Waals surface area contributed by atoms with Crippen LogP contribution in [-0.4, -0.2) is 77.7 Å². The van der Waals surface area contributed by atoms with Gasteiger partial charge >= 0.3 is 6.18 Å². The van der Waals surface area contributed by atoms with Crippen LogP contribution < -0.4 is 20.7 Å². The Morgan fingerprint density at radius 2 is 1.82 bits per heavy atom. The molecule has 2 aromatic rings. The molecule has 242 valence electrons. The van der Waals surface area contributed by atoms with Crippen molar-refractivity contribution in [3.63, 3.8) is 0 Å². The summed E-state index contributed by atoms with van der Waals surface area (Å²) >= 11 is 0. The zero-order chi connectivity index (χ0) is 31.5. The Balaban J connectivity index is 1.08. The topological polar surface area (TPSA) is 118 Å². The number of hydrogen-bond donors (Lipinski definition) is 3. The largest absolute Gasteiger partial charge is 0.480 e. The molecule has 4 bridgehead atoms. The maximum absolute atomic E-state index is 14.0. The summed E-state index contributed by atoms with van der Waals surface area (Å²) in [6.45, 7) is 4.75. The second-order valence-corrected chi connectivity index (χ2v) is 13.4. The van der Waals surface area contributed by atoms with E-state index in [1.165, 1.54) is 32.5 Å². The highest BCUT2D eigenvalue weighted by atomic mass is 19.4. The van der Waals surface area contributed by atoms with Crippen LogP contribution >= 0.6 is 0 Å². The molecule has 1 aromatic carbocycles. The molecule has 0 radical (unpaired) electrons. The van der Waals surface area contributed by atoms with Gasteiger partial charge in [0.1, 0.15) is 17.7 Å². The van der Waals surface area contributed by atoms with Gasteiger partial charge in [0, 0.05) is 36.4 Å². The van der Waals surface area contributed by atoms with Crippen molar-refractivity contribution in [3.05, 3.63) is 41.2 Å². The summed E-state index contributed by atoms with van der Waals surface area (Å²) in [6.07, 6.45) is 2.46. The quantitative estimate of drug-likeness (QED) is 0.397. The molecule has 5 atom stereocenters. The Morgan fingerprint density at radius 1 is 1.07 bits per heavy atom. The number of fused-ring (bicyclic) bond motifs is 3. The summed E-state index contributed by atoms with van der Waals surface area (Å²) in [5.74, 6) is -0.276. The molecule has 2 heterocycles. The van der Waals surface area contributed by atoms with Crippen molar-refractivity contribution in [2.75, 3.05) is 44.0 Å². The predicted octanol–water partition coefficient (Wildman–Crippen LogP) is 4.26. The minimum atomic E-state index is -4.53. The zero-order valence-corrected chi connectivity index (χ0v) is 25.5. The van der Waals surface area contributed by atoms with Gasteiger partial charge < -0.3 is 25.4 Å². The number of aryl methyl sites for hydroxylation is 1. The molecule has 6 aliphatic rings. The van der Waals surface area contributed by atoms with E-state index in [2.05, 4.69) is 30.8 Å². The Labute approximate surface area is 259 Å². The van der Waals surface area contributed by atoms with E-state index in [-0.39, 0.29) is 46.1 Å². The lowest BCUT2D eigenvalue weighted by Gasteiger charge is -2.49. The van der Waals surface area contributed by atoms with E-state index in [0.29, 0.717) is 11.7 Å². The number of methoxy groups -OCH3 is 1. The van der Waals surface area contributed by atoms with E-state index in [0.717, 1.165) is 70.9 Å². The summed E-state index contributed by atoms with van der Waals surface area (Å²) in [7, 11) is 1.45. The van der Waals surface area contributed by atoms with Crippen LogP contribution in [0.3, 0.4) is 0 Å². The van der Waals surface area contributed by atoms with Crippen LogP contribution in [0.2, 0.25) is 0 Å². The average Bonchev–Trinajstić information content (AvgIpc) is 3.77. The van der Waals surface area contributed by atoms with Gasteiger partial charge in [0.15, 0.2) is 0 Å². The fourth-order valence-electron chi connectivity index (χ4n) is 8.88. The normalized spacial score (nSPS) is 32.2. The molecule has 1 saturated heterocycles. The Hall–Kier alpha value is -3.45. The number of nitrogens with one attached hydrogen (secondary N) is 3. The maximum Gasteiger partial charge on any atom is 0.416 e. The standard InChI is InChI=1S/C32H39F3N6O4/c1-17-3-6-21(12-22(17)32(33,34)35)38-28(42)24-18-4-5-19(11-18)26(24)40-29(43)25-27(36-16-37-30(25)44-2)39-23-15-31(13-20(23)14-31)41-7-9-45-10-8-41/h3,6,12,16,18-20,23-24,26H,4-5,7-11,13-15H2,1-2H3,(H,38,42)(H,40,43)(H,36,37,39)/t18-,19+,20?,23+,24+,26-,31?/m1/s1. The average molecular weight is 629 g/mol. The number of anilines is 2. The summed E-state index contributed by atoms with van der Waals surface area (Å²) in [5, 5.41) is 9.36. The van der Waals surface area contributed by atoms with Crippen molar-refractivity contribution in [3.8, 4) is 5.88 Å². The molecule has 0 spiro atoms. The summed E-state index contributed by atoms with van der Waals surface area (Å²) in [5.41, 5.74) is -0.266. The molecule has 2 amide bonds. The van der Waals surface area contributed by atoms with Gasteiger partial charge in [-0.1, -0.05) is 6.07 Å². The highest BCUT2D eigenvalue weighted by Gasteiger charge is 2.59. The lowest BCUT2D eigenvalue weighted by atomic mass is 9.75. The molecule has 10 nitrogen and oxygen atoms in total. The minimum Gasteiger partial charge on any atom is -0.480 e. The number of ether oxygens (including phenoxy) is 2. The number of amides is 2.